The first kappa shape index (κ1) is 13.6. The predicted octanol–water partition coefficient (Wildman–Crippen LogP) is 2.97. The summed E-state index contributed by atoms with van der Waals surface area (Å²) in [6.07, 6.45) is 5.05. The molecule has 0 unspecified atom stereocenters. The summed E-state index contributed by atoms with van der Waals surface area (Å²) < 4.78 is 1.76. The van der Waals surface area contributed by atoms with E-state index in [9.17, 15) is 4.79 Å². The van der Waals surface area contributed by atoms with Crippen molar-refractivity contribution < 1.29 is 4.79 Å². The molecule has 1 aromatic carbocycles. The van der Waals surface area contributed by atoms with Crippen LogP contribution in [0.1, 0.15) is 31.5 Å². The molecule has 5 heteroatoms. The number of benzene rings is 1. The van der Waals surface area contributed by atoms with Crippen LogP contribution in [0, 0.1) is 0 Å². The van der Waals surface area contributed by atoms with E-state index in [0.717, 1.165) is 5.56 Å². The van der Waals surface area contributed by atoms with E-state index < -0.39 is 0 Å². The van der Waals surface area contributed by atoms with E-state index in [0.29, 0.717) is 5.02 Å². The van der Waals surface area contributed by atoms with Crippen LogP contribution in [0.3, 0.4) is 0 Å². The van der Waals surface area contributed by atoms with Gasteiger partial charge in [0.05, 0.1) is 12.4 Å². The van der Waals surface area contributed by atoms with Gasteiger partial charge in [-0.05, 0) is 25.5 Å². The van der Waals surface area contributed by atoms with Crippen molar-refractivity contribution in [3.63, 3.8) is 0 Å². The number of nitrogens with zero attached hydrogens (tertiary/aromatic N) is 2. The molecule has 0 aliphatic rings. The Bertz CT molecular complexity index is 554. The molecule has 4 nitrogen and oxygen atoms in total. The van der Waals surface area contributed by atoms with Gasteiger partial charge in [-0.15, -0.1) is 0 Å². The highest BCUT2D eigenvalue weighted by atomic mass is 35.5. The third-order valence-corrected chi connectivity index (χ3v) is 3.43. The molecule has 19 heavy (non-hydrogen) atoms. The Balaban J connectivity index is 2.05. The molecule has 0 saturated carbocycles. The molecule has 0 fully saturated rings. The van der Waals surface area contributed by atoms with E-state index in [-0.39, 0.29) is 18.0 Å². The van der Waals surface area contributed by atoms with Crippen LogP contribution in [-0.4, -0.2) is 15.5 Å². The lowest BCUT2D eigenvalue weighted by Crippen LogP contribution is -2.32. The van der Waals surface area contributed by atoms with E-state index in [1.807, 2.05) is 38.1 Å². The fraction of sp³-hybridized carbons (Fsp3) is 0.286. The number of hydrogen-bond donors (Lipinski definition) is 1. The van der Waals surface area contributed by atoms with E-state index in [4.69, 9.17) is 11.6 Å². The van der Waals surface area contributed by atoms with Gasteiger partial charge >= 0.3 is 0 Å². The van der Waals surface area contributed by atoms with Gasteiger partial charge in [0.25, 0.3) is 0 Å². The minimum atomic E-state index is -0.299. The second-order valence-electron chi connectivity index (χ2n) is 4.44. The molecule has 100 valence electrons. The van der Waals surface area contributed by atoms with Crippen molar-refractivity contribution in [2.45, 2.75) is 25.9 Å². The van der Waals surface area contributed by atoms with Gasteiger partial charge in [-0.2, -0.15) is 0 Å². The number of halogens is 1. The SMILES string of the molecule is C[C@H](NC(=O)[C@@H](C)n1ccnc1)c1ccccc1Cl. The van der Waals surface area contributed by atoms with Crippen molar-refractivity contribution in [1.82, 2.24) is 14.9 Å². The highest BCUT2D eigenvalue weighted by Gasteiger charge is 2.18. The van der Waals surface area contributed by atoms with Crippen LogP contribution in [0.5, 0.6) is 0 Å². The largest absolute Gasteiger partial charge is 0.348 e. The number of hydrogen-bond acceptors (Lipinski definition) is 2. The Labute approximate surface area is 117 Å². The van der Waals surface area contributed by atoms with Crippen molar-refractivity contribution in [3.8, 4) is 0 Å². The second-order valence-corrected chi connectivity index (χ2v) is 4.84. The molecule has 0 spiro atoms. The Morgan fingerprint density at radius 1 is 1.37 bits per heavy atom. The Hall–Kier alpha value is -1.81. The summed E-state index contributed by atoms with van der Waals surface area (Å²) in [7, 11) is 0. The minimum Gasteiger partial charge on any atom is -0.348 e. The molecule has 0 aliphatic heterocycles. The lowest BCUT2D eigenvalue weighted by atomic mass is 10.1. The van der Waals surface area contributed by atoms with Crippen molar-refractivity contribution in [3.05, 3.63) is 53.6 Å². The normalized spacial score (nSPS) is 13.8. The summed E-state index contributed by atoms with van der Waals surface area (Å²) in [5.74, 6) is -0.0644. The molecule has 0 radical (unpaired) electrons. The van der Waals surface area contributed by atoms with E-state index in [2.05, 4.69) is 10.3 Å². The van der Waals surface area contributed by atoms with Crippen LogP contribution < -0.4 is 5.32 Å². The van der Waals surface area contributed by atoms with Gasteiger partial charge in [-0.25, -0.2) is 4.98 Å². The highest BCUT2D eigenvalue weighted by Crippen LogP contribution is 2.22. The molecule has 2 rings (SSSR count). The smallest absolute Gasteiger partial charge is 0.243 e. The van der Waals surface area contributed by atoms with Crippen LogP contribution in [0.4, 0.5) is 0 Å². The summed E-state index contributed by atoms with van der Waals surface area (Å²) >= 11 is 6.12. The molecule has 2 aromatic rings. The quantitative estimate of drug-likeness (QED) is 0.934. The lowest BCUT2D eigenvalue weighted by Gasteiger charge is -2.19. The van der Waals surface area contributed by atoms with Crippen LogP contribution in [0.2, 0.25) is 5.02 Å². The fourth-order valence-electron chi connectivity index (χ4n) is 1.87. The molecule has 0 saturated heterocycles. The van der Waals surface area contributed by atoms with E-state index in [1.165, 1.54) is 0 Å². The van der Waals surface area contributed by atoms with E-state index >= 15 is 0 Å². The van der Waals surface area contributed by atoms with E-state index in [1.54, 1.807) is 23.3 Å². The first-order valence-electron chi connectivity index (χ1n) is 6.12. The molecule has 1 amide bonds. The number of carbonyl (C=O) groups excluding carboxylic acids is 1. The van der Waals surface area contributed by atoms with Gasteiger partial charge < -0.3 is 9.88 Å². The Morgan fingerprint density at radius 2 is 2.11 bits per heavy atom. The molecule has 1 N–H and O–H groups in total. The molecule has 2 atom stereocenters. The summed E-state index contributed by atoms with van der Waals surface area (Å²) in [6, 6.07) is 7.07. The van der Waals surface area contributed by atoms with Crippen LogP contribution in [0.25, 0.3) is 0 Å². The maximum atomic E-state index is 12.1. The van der Waals surface area contributed by atoms with Gasteiger partial charge in [0.2, 0.25) is 5.91 Å². The molecule has 1 heterocycles. The summed E-state index contributed by atoms with van der Waals surface area (Å²) in [4.78, 5) is 16.1. The highest BCUT2D eigenvalue weighted by molar-refractivity contribution is 6.31. The molecular weight excluding hydrogens is 262 g/mol. The summed E-state index contributed by atoms with van der Waals surface area (Å²) in [5, 5.41) is 3.61. The maximum absolute atomic E-state index is 12.1. The first-order valence-corrected chi connectivity index (χ1v) is 6.49. The van der Waals surface area contributed by atoms with Crippen molar-refractivity contribution in [1.29, 1.82) is 0 Å². The monoisotopic (exact) mass is 277 g/mol. The average molecular weight is 278 g/mol. The zero-order valence-electron chi connectivity index (χ0n) is 10.9. The number of carbonyl (C=O) groups is 1. The third-order valence-electron chi connectivity index (χ3n) is 3.08. The number of nitrogens with one attached hydrogen (secondary N) is 1. The number of amides is 1. The first-order chi connectivity index (χ1) is 9.09. The topological polar surface area (TPSA) is 46.9 Å². The lowest BCUT2D eigenvalue weighted by molar-refractivity contribution is -0.124. The molecule has 1 aromatic heterocycles. The predicted molar refractivity (Wildman–Crippen MR) is 74.9 cm³/mol. The molecular formula is C14H16ClN3O. The van der Waals surface area contributed by atoms with Crippen LogP contribution in [-0.2, 0) is 4.79 Å². The van der Waals surface area contributed by atoms with Crippen molar-refractivity contribution in [2.75, 3.05) is 0 Å². The zero-order chi connectivity index (χ0) is 13.8. The minimum absolute atomic E-state index is 0.0644. The molecule has 0 aliphatic carbocycles. The zero-order valence-corrected chi connectivity index (χ0v) is 11.6. The summed E-state index contributed by atoms with van der Waals surface area (Å²) in [6.45, 7) is 3.75. The van der Waals surface area contributed by atoms with Crippen molar-refractivity contribution in [2.24, 2.45) is 0 Å². The standard InChI is InChI=1S/C14H16ClN3O/c1-10(12-5-3-4-6-13(12)15)17-14(19)11(2)18-8-7-16-9-18/h3-11H,1-2H3,(H,17,19)/t10-,11+/m0/s1. The van der Waals surface area contributed by atoms with Crippen molar-refractivity contribution >= 4 is 17.5 Å². The average Bonchev–Trinajstić information content (AvgIpc) is 2.92. The maximum Gasteiger partial charge on any atom is 0.243 e. The van der Waals surface area contributed by atoms with Crippen LogP contribution in [0.15, 0.2) is 43.0 Å². The van der Waals surface area contributed by atoms with Crippen LogP contribution >= 0.6 is 11.6 Å². The number of aromatic nitrogens is 2. The number of rotatable bonds is 4. The number of imidazole rings is 1. The second kappa shape index (κ2) is 5.89. The van der Waals surface area contributed by atoms with Gasteiger partial charge in [0.15, 0.2) is 0 Å². The van der Waals surface area contributed by atoms with Gasteiger partial charge in [0, 0.05) is 17.4 Å². The Morgan fingerprint density at radius 3 is 2.74 bits per heavy atom. The van der Waals surface area contributed by atoms with Gasteiger partial charge in [-0.1, -0.05) is 29.8 Å². The van der Waals surface area contributed by atoms with Gasteiger partial charge in [0.1, 0.15) is 6.04 Å². The third kappa shape index (κ3) is 3.15. The fourth-order valence-corrected chi connectivity index (χ4v) is 2.17. The summed E-state index contributed by atoms with van der Waals surface area (Å²) in [5.41, 5.74) is 0.912. The van der Waals surface area contributed by atoms with Gasteiger partial charge in [-0.3, -0.25) is 4.79 Å². The molecule has 0 bridgehead atoms. The Kier molecular flexibility index (Phi) is 4.22.